The van der Waals surface area contributed by atoms with Gasteiger partial charge in [0.05, 0.1) is 0 Å². The minimum Gasteiger partial charge on any atom is -0.312 e. The molecule has 0 bridgehead atoms. The van der Waals surface area contributed by atoms with Crippen LogP contribution in [0.4, 0.5) is 13.2 Å². The molecule has 2 rings (SSSR count). The van der Waals surface area contributed by atoms with Crippen molar-refractivity contribution in [1.29, 1.82) is 0 Å². The molecule has 1 aromatic rings. The lowest BCUT2D eigenvalue weighted by atomic mass is 10.2. The van der Waals surface area contributed by atoms with E-state index in [9.17, 15) is 13.2 Å². The molecule has 0 saturated carbocycles. The fourth-order valence-electron chi connectivity index (χ4n) is 1.99. The largest absolute Gasteiger partial charge is 0.425 e. The first-order chi connectivity index (χ1) is 7.95. The van der Waals surface area contributed by atoms with E-state index in [-0.39, 0.29) is 0 Å². The number of halogens is 3. The van der Waals surface area contributed by atoms with Crippen LogP contribution in [-0.2, 0) is 12.7 Å². The highest BCUT2D eigenvalue weighted by Crippen LogP contribution is 2.34. The van der Waals surface area contributed by atoms with Gasteiger partial charge in [0.25, 0.3) is 0 Å². The molecular formula is C11H15F3N2S. The van der Waals surface area contributed by atoms with Crippen molar-refractivity contribution in [3.63, 3.8) is 0 Å². The van der Waals surface area contributed by atoms with E-state index in [4.69, 9.17) is 0 Å². The molecule has 96 valence electrons. The quantitative estimate of drug-likeness (QED) is 0.883. The van der Waals surface area contributed by atoms with E-state index in [2.05, 4.69) is 17.1 Å². The highest BCUT2D eigenvalue weighted by molar-refractivity contribution is 7.12. The van der Waals surface area contributed by atoms with Gasteiger partial charge in [0.2, 0.25) is 0 Å². The number of alkyl halides is 3. The second kappa shape index (κ2) is 4.96. The van der Waals surface area contributed by atoms with Crippen LogP contribution in [0.2, 0.25) is 0 Å². The lowest BCUT2D eigenvalue weighted by molar-refractivity contribution is -0.134. The lowest BCUT2D eigenvalue weighted by Crippen LogP contribution is -2.48. The summed E-state index contributed by atoms with van der Waals surface area (Å²) < 4.78 is 37.3. The monoisotopic (exact) mass is 264 g/mol. The van der Waals surface area contributed by atoms with Crippen LogP contribution in [0, 0.1) is 0 Å². The fraction of sp³-hybridized carbons (Fsp3) is 0.636. The number of hydrogen-bond acceptors (Lipinski definition) is 3. The van der Waals surface area contributed by atoms with Crippen LogP contribution in [0.25, 0.3) is 0 Å². The van der Waals surface area contributed by atoms with Gasteiger partial charge in [-0.15, -0.1) is 11.3 Å². The zero-order chi connectivity index (χ0) is 12.5. The zero-order valence-electron chi connectivity index (χ0n) is 9.55. The molecule has 2 nitrogen and oxygen atoms in total. The van der Waals surface area contributed by atoms with E-state index in [1.165, 1.54) is 6.07 Å². The molecule has 1 fully saturated rings. The van der Waals surface area contributed by atoms with Crippen molar-refractivity contribution in [2.45, 2.75) is 25.7 Å². The third-order valence-electron chi connectivity index (χ3n) is 2.77. The van der Waals surface area contributed by atoms with Crippen molar-refractivity contribution < 1.29 is 13.2 Å². The Morgan fingerprint density at radius 2 is 2.24 bits per heavy atom. The molecule has 1 aromatic heterocycles. The second-order valence-electron chi connectivity index (χ2n) is 4.35. The molecule has 0 aliphatic carbocycles. The van der Waals surface area contributed by atoms with Crippen LogP contribution >= 0.6 is 11.3 Å². The maximum absolute atomic E-state index is 12.4. The Hall–Kier alpha value is -0.590. The Morgan fingerprint density at radius 1 is 1.47 bits per heavy atom. The van der Waals surface area contributed by atoms with Crippen molar-refractivity contribution in [1.82, 2.24) is 10.2 Å². The normalized spacial score (nSPS) is 22.9. The Balaban J connectivity index is 1.97. The van der Waals surface area contributed by atoms with Crippen LogP contribution in [0.1, 0.15) is 16.7 Å². The number of nitrogens with one attached hydrogen (secondary N) is 1. The number of nitrogens with zero attached hydrogens (tertiary/aromatic N) is 1. The predicted molar refractivity (Wildman–Crippen MR) is 62.1 cm³/mol. The standard InChI is InChI=1S/C11H15F3N2S/c1-8-6-16(5-4-15-8)7-9-2-3-10(17-9)11(12,13)14/h2-3,8,15H,4-7H2,1H3/t8-/m0/s1. The van der Waals surface area contributed by atoms with Crippen LogP contribution in [0.15, 0.2) is 12.1 Å². The van der Waals surface area contributed by atoms with E-state index < -0.39 is 11.1 Å². The molecule has 0 aromatic carbocycles. The van der Waals surface area contributed by atoms with E-state index in [0.29, 0.717) is 12.6 Å². The zero-order valence-corrected chi connectivity index (χ0v) is 10.4. The van der Waals surface area contributed by atoms with E-state index in [1.807, 2.05) is 0 Å². The minimum absolute atomic E-state index is 0.408. The average molecular weight is 264 g/mol. The maximum Gasteiger partial charge on any atom is 0.425 e. The van der Waals surface area contributed by atoms with Gasteiger partial charge in [-0.2, -0.15) is 13.2 Å². The van der Waals surface area contributed by atoms with Gasteiger partial charge < -0.3 is 5.32 Å². The van der Waals surface area contributed by atoms with Gasteiger partial charge in [-0.25, -0.2) is 0 Å². The summed E-state index contributed by atoms with van der Waals surface area (Å²) in [5.41, 5.74) is 0. The van der Waals surface area contributed by atoms with Crippen LogP contribution < -0.4 is 5.32 Å². The summed E-state index contributed by atoms with van der Waals surface area (Å²) in [5.74, 6) is 0. The molecule has 1 atom stereocenters. The molecule has 0 spiro atoms. The Kier molecular flexibility index (Phi) is 3.75. The van der Waals surface area contributed by atoms with Crippen molar-refractivity contribution in [3.05, 3.63) is 21.9 Å². The van der Waals surface area contributed by atoms with E-state index in [1.54, 1.807) is 6.07 Å². The molecule has 2 heterocycles. The number of piperazine rings is 1. The van der Waals surface area contributed by atoms with Gasteiger partial charge >= 0.3 is 6.18 Å². The van der Waals surface area contributed by atoms with Crippen LogP contribution in [0.5, 0.6) is 0 Å². The fourth-order valence-corrected chi connectivity index (χ4v) is 2.91. The Morgan fingerprint density at radius 3 is 2.82 bits per heavy atom. The summed E-state index contributed by atoms with van der Waals surface area (Å²) in [7, 11) is 0. The lowest BCUT2D eigenvalue weighted by Gasteiger charge is -2.31. The molecule has 0 radical (unpaired) electrons. The summed E-state index contributed by atoms with van der Waals surface area (Å²) in [6, 6.07) is 3.16. The highest BCUT2D eigenvalue weighted by Gasteiger charge is 2.32. The van der Waals surface area contributed by atoms with Gasteiger partial charge in [0, 0.05) is 37.1 Å². The van der Waals surface area contributed by atoms with Crippen LogP contribution in [-0.4, -0.2) is 30.6 Å². The molecule has 1 N–H and O–H groups in total. The summed E-state index contributed by atoms with van der Waals surface area (Å²) in [6.45, 7) is 5.38. The Bertz CT molecular complexity index is 375. The van der Waals surface area contributed by atoms with E-state index in [0.717, 1.165) is 35.8 Å². The van der Waals surface area contributed by atoms with Gasteiger partial charge in [-0.05, 0) is 19.1 Å². The molecule has 17 heavy (non-hydrogen) atoms. The molecule has 6 heteroatoms. The molecular weight excluding hydrogens is 249 g/mol. The van der Waals surface area contributed by atoms with Crippen molar-refractivity contribution in [2.75, 3.05) is 19.6 Å². The van der Waals surface area contributed by atoms with Gasteiger partial charge in [-0.3, -0.25) is 4.90 Å². The third kappa shape index (κ3) is 3.43. The summed E-state index contributed by atoms with van der Waals surface area (Å²) in [6.07, 6.45) is -4.21. The molecule has 0 amide bonds. The Labute approximate surface area is 102 Å². The predicted octanol–water partition coefficient (Wildman–Crippen LogP) is 2.56. The van der Waals surface area contributed by atoms with Gasteiger partial charge in [0.1, 0.15) is 4.88 Å². The van der Waals surface area contributed by atoms with Crippen molar-refractivity contribution in [3.8, 4) is 0 Å². The number of hydrogen-bond donors (Lipinski definition) is 1. The topological polar surface area (TPSA) is 15.3 Å². The van der Waals surface area contributed by atoms with Crippen molar-refractivity contribution >= 4 is 11.3 Å². The second-order valence-corrected chi connectivity index (χ2v) is 5.52. The van der Waals surface area contributed by atoms with Crippen LogP contribution in [0.3, 0.4) is 0 Å². The van der Waals surface area contributed by atoms with Crippen molar-refractivity contribution in [2.24, 2.45) is 0 Å². The van der Waals surface area contributed by atoms with Gasteiger partial charge in [-0.1, -0.05) is 0 Å². The summed E-state index contributed by atoms with van der Waals surface area (Å²) in [4.78, 5) is 2.47. The average Bonchev–Trinajstić information content (AvgIpc) is 2.65. The molecule has 1 aliphatic heterocycles. The minimum atomic E-state index is -4.21. The first-order valence-corrected chi connectivity index (χ1v) is 6.38. The van der Waals surface area contributed by atoms with Gasteiger partial charge in [0.15, 0.2) is 0 Å². The third-order valence-corrected chi connectivity index (χ3v) is 3.89. The molecule has 0 unspecified atom stereocenters. The number of rotatable bonds is 2. The highest BCUT2D eigenvalue weighted by atomic mass is 32.1. The summed E-state index contributed by atoms with van der Waals surface area (Å²) >= 11 is 0.848. The molecule has 1 saturated heterocycles. The smallest absolute Gasteiger partial charge is 0.312 e. The number of thiophene rings is 1. The first kappa shape index (κ1) is 12.9. The SMILES string of the molecule is C[C@H]1CN(Cc2ccc(C(F)(F)F)s2)CCN1. The van der Waals surface area contributed by atoms with E-state index >= 15 is 0 Å². The maximum atomic E-state index is 12.4. The molecule has 1 aliphatic rings. The first-order valence-electron chi connectivity index (χ1n) is 5.57. The summed E-state index contributed by atoms with van der Waals surface area (Å²) in [5, 5.41) is 3.31.